The second-order valence-electron chi connectivity index (χ2n) is 3.09. The van der Waals surface area contributed by atoms with Gasteiger partial charge in [0.25, 0.3) is 0 Å². The fourth-order valence-electron chi connectivity index (χ4n) is 1.45. The van der Waals surface area contributed by atoms with E-state index in [1.807, 2.05) is 12.1 Å². The summed E-state index contributed by atoms with van der Waals surface area (Å²) in [6, 6.07) is 7.30. The summed E-state index contributed by atoms with van der Waals surface area (Å²) in [5.74, 6) is -0.422. The van der Waals surface area contributed by atoms with Crippen LogP contribution in [0.15, 0.2) is 24.3 Å². The van der Waals surface area contributed by atoms with Crippen LogP contribution in [-0.4, -0.2) is 18.1 Å². The molecule has 1 heterocycles. The SMILES string of the molecule is C[NH+]1C=c2ccccc2=C(O)C1=O. The van der Waals surface area contributed by atoms with Crippen molar-refractivity contribution < 1.29 is 14.8 Å². The Balaban J connectivity index is 2.89. The molecule has 1 aliphatic rings. The number of hydrogen-bond donors (Lipinski definition) is 2. The lowest BCUT2D eigenvalue weighted by atomic mass is 10.2. The maximum absolute atomic E-state index is 11.3. The summed E-state index contributed by atoms with van der Waals surface area (Å²) in [4.78, 5) is 11.9. The molecule has 1 atom stereocenters. The highest BCUT2D eigenvalue weighted by molar-refractivity contribution is 6.05. The second-order valence-corrected chi connectivity index (χ2v) is 3.09. The molecule has 13 heavy (non-hydrogen) atoms. The standard InChI is InChI=1S/C10H9NO2/c1-11-6-7-4-2-3-5-8(7)9(12)10(11)13/h2-6,12H,1H3/p+1. The van der Waals surface area contributed by atoms with Crippen LogP contribution < -0.4 is 15.3 Å². The van der Waals surface area contributed by atoms with Gasteiger partial charge < -0.3 is 5.11 Å². The van der Waals surface area contributed by atoms with Crippen molar-refractivity contribution in [2.24, 2.45) is 0 Å². The predicted molar refractivity (Wildman–Crippen MR) is 48.1 cm³/mol. The van der Waals surface area contributed by atoms with E-state index in [1.165, 1.54) is 0 Å². The predicted octanol–water partition coefficient (Wildman–Crippen LogP) is -1.85. The number of aliphatic hydroxyl groups excluding tert-OH is 1. The average Bonchev–Trinajstić information content (AvgIpc) is 2.15. The first kappa shape index (κ1) is 8.01. The van der Waals surface area contributed by atoms with Crippen LogP contribution in [0.1, 0.15) is 0 Å². The Morgan fingerprint density at radius 2 is 2.00 bits per heavy atom. The zero-order valence-corrected chi connectivity index (χ0v) is 7.24. The largest absolute Gasteiger partial charge is 0.500 e. The molecule has 0 aromatic heterocycles. The molecule has 0 bridgehead atoms. The number of fused-ring (bicyclic) bond motifs is 1. The maximum atomic E-state index is 11.3. The molecule has 1 aromatic rings. The van der Waals surface area contributed by atoms with E-state index in [0.29, 0.717) is 10.1 Å². The first-order valence-corrected chi connectivity index (χ1v) is 4.08. The molecule has 0 aliphatic carbocycles. The van der Waals surface area contributed by atoms with Crippen molar-refractivity contribution in [2.75, 3.05) is 7.05 Å². The third kappa shape index (κ3) is 1.13. The van der Waals surface area contributed by atoms with Gasteiger partial charge in [0, 0.05) is 10.4 Å². The number of rotatable bonds is 0. The van der Waals surface area contributed by atoms with Crippen molar-refractivity contribution in [3.63, 3.8) is 0 Å². The minimum Gasteiger partial charge on any atom is -0.500 e. The average molecular weight is 176 g/mol. The Morgan fingerprint density at radius 1 is 1.31 bits per heavy atom. The molecule has 2 N–H and O–H groups in total. The van der Waals surface area contributed by atoms with Gasteiger partial charge in [-0.15, -0.1) is 0 Å². The van der Waals surface area contributed by atoms with Crippen molar-refractivity contribution in [3.05, 3.63) is 34.7 Å². The molecule has 3 heteroatoms. The highest BCUT2D eigenvalue weighted by Crippen LogP contribution is 1.84. The van der Waals surface area contributed by atoms with Gasteiger partial charge in [-0.25, -0.2) is 9.69 Å². The van der Waals surface area contributed by atoms with E-state index >= 15 is 0 Å². The van der Waals surface area contributed by atoms with Crippen molar-refractivity contribution in [2.45, 2.75) is 0 Å². The minimum absolute atomic E-state index is 0.143. The molecule has 0 fully saturated rings. The van der Waals surface area contributed by atoms with E-state index < -0.39 is 0 Å². The Morgan fingerprint density at radius 3 is 2.77 bits per heavy atom. The molecule has 0 saturated carbocycles. The Kier molecular flexibility index (Phi) is 1.67. The van der Waals surface area contributed by atoms with E-state index in [9.17, 15) is 9.90 Å². The summed E-state index contributed by atoms with van der Waals surface area (Å²) in [5.41, 5.74) is 0. The molecule has 1 unspecified atom stereocenters. The Labute approximate surface area is 75.2 Å². The third-order valence-electron chi connectivity index (χ3n) is 2.16. The van der Waals surface area contributed by atoms with Crippen molar-refractivity contribution >= 4 is 17.9 Å². The first-order chi connectivity index (χ1) is 6.20. The lowest BCUT2D eigenvalue weighted by molar-refractivity contribution is -0.705. The van der Waals surface area contributed by atoms with Crippen LogP contribution in [0, 0.1) is 0 Å². The molecule has 1 aromatic carbocycles. The summed E-state index contributed by atoms with van der Waals surface area (Å²) in [6.07, 6.45) is 1.79. The van der Waals surface area contributed by atoms with Crippen molar-refractivity contribution in [1.82, 2.24) is 0 Å². The van der Waals surface area contributed by atoms with E-state index in [-0.39, 0.29) is 11.7 Å². The molecule has 3 nitrogen and oxygen atoms in total. The summed E-state index contributed by atoms with van der Waals surface area (Å²) in [7, 11) is 1.70. The van der Waals surface area contributed by atoms with Gasteiger partial charge in [-0.1, -0.05) is 18.2 Å². The van der Waals surface area contributed by atoms with E-state index in [1.54, 1.807) is 25.4 Å². The zero-order valence-electron chi connectivity index (χ0n) is 7.24. The van der Waals surface area contributed by atoms with Gasteiger partial charge in [-0.2, -0.15) is 0 Å². The molecule has 0 radical (unpaired) electrons. The number of hydrogen-bond acceptors (Lipinski definition) is 2. The van der Waals surface area contributed by atoms with E-state index in [2.05, 4.69) is 0 Å². The van der Waals surface area contributed by atoms with Gasteiger partial charge >= 0.3 is 5.91 Å². The topological polar surface area (TPSA) is 41.7 Å². The fourth-order valence-corrected chi connectivity index (χ4v) is 1.45. The molecule has 0 saturated heterocycles. The van der Waals surface area contributed by atoms with Crippen LogP contribution >= 0.6 is 0 Å². The molecule has 0 spiro atoms. The summed E-state index contributed by atoms with van der Waals surface area (Å²) < 4.78 is 0. The number of nitrogens with one attached hydrogen (secondary N) is 1. The fraction of sp³-hybridized carbons (Fsp3) is 0.100. The van der Waals surface area contributed by atoms with Gasteiger partial charge in [0.15, 0.2) is 0 Å². The molecule has 1 aliphatic heterocycles. The van der Waals surface area contributed by atoms with E-state index in [0.717, 1.165) is 5.22 Å². The number of quaternary nitrogens is 1. The van der Waals surface area contributed by atoms with Crippen LogP contribution in [0.3, 0.4) is 0 Å². The molecular weight excluding hydrogens is 166 g/mol. The van der Waals surface area contributed by atoms with Gasteiger partial charge in [-0.05, 0) is 6.07 Å². The lowest BCUT2D eigenvalue weighted by Gasteiger charge is -2.09. The van der Waals surface area contributed by atoms with E-state index in [4.69, 9.17) is 0 Å². The number of aliphatic hydroxyl groups is 1. The van der Waals surface area contributed by atoms with Crippen LogP contribution in [0.5, 0.6) is 0 Å². The Bertz CT molecular complexity index is 476. The normalized spacial score (nSPS) is 20.8. The first-order valence-electron chi connectivity index (χ1n) is 4.08. The van der Waals surface area contributed by atoms with Gasteiger partial charge in [0.05, 0.1) is 7.05 Å². The Hall–Kier alpha value is -1.61. The maximum Gasteiger partial charge on any atom is 0.383 e. The van der Waals surface area contributed by atoms with Crippen LogP contribution in [-0.2, 0) is 4.79 Å². The van der Waals surface area contributed by atoms with Crippen molar-refractivity contribution in [1.29, 1.82) is 0 Å². The number of amides is 1. The smallest absolute Gasteiger partial charge is 0.383 e. The van der Waals surface area contributed by atoms with Crippen LogP contribution in [0.25, 0.3) is 12.0 Å². The van der Waals surface area contributed by atoms with Gasteiger partial charge in [-0.3, -0.25) is 0 Å². The zero-order chi connectivity index (χ0) is 9.42. The van der Waals surface area contributed by atoms with Crippen LogP contribution in [0.2, 0.25) is 0 Å². The number of carbonyl (C=O) groups excluding carboxylic acids is 1. The molecular formula is C10H10NO2+. The van der Waals surface area contributed by atoms with Crippen LogP contribution in [0.4, 0.5) is 0 Å². The highest BCUT2D eigenvalue weighted by Gasteiger charge is 2.22. The molecule has 66 valence electrons. The number of benzene rings is 1. The summed E-state index contributed by atoms with van der Waals surface area (Å²) in [6.45, 7) is 0. The third-order valence-corrected chi connectivity index (χ3v) is 2.16. The highest BCUT2D eigenvalue weighted by atomic mass is 16.3. The molecule has 2 rings (SSSR count). The summed E-state index contributed by atoms with van der Waals surface area (Å²) >= 11 is 0. The second kappa shape index (κ2) is 2.71. The minimum atomic E-state index is -0.279. The lowest BCUT2D eigenvalue weighted by Crippen LogP contribution is -3.08. The van der Waals surface area contributed by atoms with Gasteiger partial charge in [0.1, 0.15) is 6.20 Å². The monoisotopic (exact) mass is 176 g/mol. The van der Waals surface area contributed by atoms with Gasteiger partial charge in [0.2, 0.25) is 5.76 Å². The van der Waals surface area contributed by atoms with Crippen molar-refractivity contribution in [3.8, 4) is 0 Å². The number of carbonyl (C=O) groups is 1. The quantitative estimate of drug-likeness (QED) is 0.487. The molecule has 1 amide bonds. The number of likely N-dealkylation sites (N-methyl/N-ethyl adjacent to an activating group) is 1. The summed E-state index contributed by atoms with van der Waals surface area (Å²) in [5, 5.41) is 11.0.